The van der Waals surface area contributed by atoms with Crippen molar-refractivity contribution in [1.29, 1.82) is 0 Å². The van der Waals surface area contributed by atoms with Gasteiger partial charge in [0.15, 0.2) is 0 Å². The van der Waals surface area contributed by atoms with Crippen molar-refractivity contribution in [2.75, 3.05) is 25.5 Å². The Balaban J connectivity index is 2.11. The van der Waals surface area contributed by atoms with Crippen LogP contribution in [0.25, 0.3) is 11.3 Å². The van der Waals surface area contributed by atoms with E-state index in [0.717, 1.165) is 11.3 Å². The minimum absolute atomic E-state index is 0.102. The van der Waals surface area contributed by atoms with Crippen LogP contribution in [0.2, 0.25) is 0 Å². The summed E-state index contributed by atoms with van der Waals surface area (Å²) in [6.07, 6.45) is 0. The number of hydrogen-bond donors (Lipinski definition) is 3. The van der Waals surface area contributed by atoms with Crippen LogP contribution in [0.3, 0.4) is 0 Å². The molecule has 0 atom stereocenters. The second-order valence-electron chi connectivity index (χ2n) is 4.62. The van der Waals surface area contributed by atoms with Gasteiger partial charge in [-0.05, 0) is 24.3 Å². The largest absolute Gasteiger partial charge is 0.497 e. The van der Waals surface area contributed by atoms with Gasteiger partial charge in [0.25, 0.3) is 5.56 Å². The molecule has 1 amide bonds. The summed E-state index contributed by atoms with van der Waals surface area (Å²) >= 11 is 0. The van der Waals surface area contributed by atoms with Crippen molar-refractivity contribution < 1.29 is 9.53 Å². The summed E-state index contributed by atoms with van der Waals surface area (Å²) in [5.41, 5.74) is 1.13. The first-order valence-corrected chi connectivity index (χ1v) is 6.82. The van der Waals surface area contributed by atoms with E-state index in [1.165, 1.54) is 13.0 Å². The molecule has 0 saturated heterocycles. The van der Waals surface area contributed by atoms with Crippen molar-refractivity contribution in [3.05, 3.63) is 40.7 Å². The Kier molecular flexibility index (Phi) is 5.13. The average Bonchev–Trinajstić information content (AvgIpc) is 2.51. The van der Waals surface area contributed by atoms with Gasteiger partial charge >= 0.3 is 0 Å². The smallest absolute Gasteiger partial charge is 0.252 e. The van der Waals surface area contributed by atoms with E-state index >= 15 is 0 Å². The monoisotopic (exact) mass is 302 g/mol. The van der Waals surface area contributed by atoms with E-state index in [2.05, 4.69) is 20.6 Å². The maximum Gasteiger partial charge on any atom is 0.252 e. The Morgan fingerprint density at radius 2 is 2.00 bits per heavy atom. The van der Waals surface area contributed by atoms with Gasteiger partial charge in [-0.25, -0.2) is 4.98 Å². The van der Waals surface area contributed by atoms with Crippen LogP contribution in [-0.2, 0) is 4.79 Å². The third-order valence-corrected chi connectivity index (χ3v) is 2.92. The molecule has 0 saturated carbocycles. The van der Waals surface area contributed by atoms with E-state index in [9.17, 15) is 9.59 Å². The van der Waals surface area contributed by atoms with Crippen LogP contribution in [-0.4, -0.2) is 36.1 Å². The van der Waals surface area contributed by atoms with Gasteiger partial charge in [0, 0.05) is 31.6 Å². The highest BCUT2D eigenvalue weighted by atomic mass is 16.5. The van der Waals surface area contributed by atoms with Crippen LogP contribution in [0.15, 0.2) is 35.1 Å². The average molecular weight is 302 g/mol. The predicted octanol–water partition coefficient (Wildman–Crippen LogP) is 0.993. The molecule has 7 nitrogen and oxygen atoms in total. The number of carbonyl (C=O) groups excluding carboxylic acids is 1. The normalized spacial score (nSPS) is 10.1. The molecule has 1 heterocycles. The van der Waals surface area contributed by atoms with Crippen LogP contribution in [0, 0.1) is 0 Å². The molecule has 3 N–H and O–H groups in total. The van der Waals surface area contributed by atoms with Gasteiger partial charge < -0.3 is 15.4 Å². The lowest BCUT2D eigenvalue weighted by atomic mass is 10.1. The number of aromatic nitrogens is 2. The minimum Gasteiger partial charge on any atom is -0.497 e. The molecular formula is C15H18N4O3. The molecule has 0 aliphatic heterocycles. The number of hydrogen-bond acceptors (Lipinski definition) is 5. The van der Waals surface area contributed by atoms with Gasteiger partial charge in [0.2, 0.25) is 11.9 Å². The summed E-state index contributed by atoms with van der Waals surface area (Å²) in [6.45, 7) is 2.37. The Bertz CT molecular complexity index is 695. The fraction of sp³-hybridized carbons (Fsp3) is 0.267. The van der Waals surface area contributed by atoms with Gasteiger partial charge in [-0.2, -0.15) is 0 Å². The van der Waals surface area contributed by atoms with Gasteiger partial charge in [0.1, 0.15) is 5.75 Å². The summed E-state index contributed by atoms with van der Waals surface area (Å²) in [7, 11) is 1.59. The van der Waals surface area contributed by atoms with Crippen molar-refractivity contribution in [3.8, 4) is 17.0 Å². The SMILES string of the molecule is COc1ccc(-c2cc(=O)[nH]c(NCCNC(C)=O)n2)cc1. The number of H-pyrrole nitrogens is 1. The highest BCUT2D eigenvalue weighted by molar-refractivity contribution is 5.72. The summed E-state index contributed by atoms with van der Waals surface area (Å²) in [4.78, 5) is 29.5. The molecule has 0 aliphatic rings. The molecule has 0 bridgehead atoms. The Hall–Kier alpha value is -2.83. The first-order chi connectivity index (χ1) is 10.6. The number of benzene rings is 1. The maximum absolute atomic E-state index is 11.7. The molecule has 116 valence electrons. The Morgan fingerprint density at radius 3 is 2.64 bits per heavy atom. The van der Waals surface area contributed by atoms with Crippen LogP contribution in [0.1, 0.15) is 6.92 Å². The quantitative estimate of drug-likeness (QED) is 0.692. The fourth-order valence-corrected chi connectivity index (χ4v) is 1.87. The third-order valence-electron chi connectivity index (χ3n) is 2.92. The van der Waals surface area contributed by atoms with Gasteiger partial charge in [-0.3, -0.25) is 14.6 Å². The maximum atomic E-state index is 11.7. The zero-order valence-electron chi connectivity index (χ0n) is 12.5. The number of carbonyl (C=O) groups is 1. The zero-order valence-corrected chi connectivity index (χ0v) is 12.5. The first-order valence-electron chi connectivity index (χ1n) is 6.82. The number of methoxy groups -OCH3 is 1. The molecule has 0 radical (unpaired) electrons. The van der Waals surface area contributed by atoms with Crippen LogP contribution >= 0.6 is 0 Å². The lowest BCUT2D eigenvalue weighted by molar-refractivity contribution is -0.118. The topological polar surface area (TPSA) is 96.1 Å². The molecular weight excluding hydrogens is 284 g/mol. The van der Waals surface area contributed by atoms with Crippen molar-refractivity contribution in [2.45, 2.75) is 6.92 Å². The Morgan fingerprint density at radius 1 is 1.27 bits per heavy atom. The standard InChI is InChI=1S/C15H18N4O3/c1-10(20)16-7-8-17-15-18-13(9-14(21)19-15)11-3-5-12(22-2)6-4-11/h3-6,9H,7-8H2,1-2H3,(H,16,20)(H2,17,18,19,21). The van der Waals surface area contributed by atoms with Gasteiger partial charge in [0.05, 0.1) is 12.8 Å². The molecule has 1 aromatic heterocycles. The number of rotatable bonds is 6. The van der Waals surface area contributed by atoms with E-state index in [0.29, 0.717) is 24.7 Å². The molecule has 7 heteroatoms. The second-order valence-corrected chi connectivity index (χ2v) is 4.62. The Labute approximate surface area is 127 Å². The fourth-order valence-electron chi connectivity index (χ4n) is 1.87. The first kappa shape index (κ1) is 15.6. The number of nitrogens with one attached hydrogen (secondary N) is 3. The van der Waals surface area contributed by atoms with Gasteiger partial charge in [-0.15, -0.1) is 0 Å². The van der Waals surface area contributed by atoms with Gasteiger partial charge in [-0.1, -0.05) is 0 Å². The van der Waals surface area contributed by atoms with E-state index in [-0.39, 0.29) is 11.5 Å². The molecule has 0 aliphatic carbocycles. The van der Waals surface area contributed by atoms with Crippen molar-refractivity contribution in [2.24, 2.45) is 0 Å². The molecule has 2 rings (SSSR count). The van der Waals surface area contributed by atoms with E-state index in [1.807, 2.05) is 24.3 Å². The number of nitrogens with zero attached hydrogens (tertiary/aromatic N) is 1. The van der Waals surface area contributed by atoms with Crippen molar-refractivity contribution >= 4 is 11.9 Å². The second kappa shape index (κ2) is 7.26. The minimum atomic E-state index is -0.247. The lowest BCUT2D eigenvalue weighted by Crippen LogP contribution is -2.27. The number of amides is 1. The summed E-state index contributed by atoms with van der Waals surface area (Å²) in [5.74, 6) is 1.00. The number of aromatic amines is 1. The van der Waals surface area contributed by atoms with Crippen molar-refractivity contribution in [3.63, 3.8) is 0 Å². The number of anilines is 1. The van der Waals surface area contributed by atoms with E-state index in [1.54, 1.807) is 7.11 Å². The highest BCUT2D eigenvalue weighted by Crippen LogP contribution is 2.20. The molecule has 0 unspecified atom stereocenters. The van der Waals surface area contributed by atoms with Crippen LogP contribution < -0.4 is 20.9 Å². The van der Waals surface area contributed by atoms with Crippen LogP contribution in [0.4, 0.5) is 5.95 Å². The molecule has 22 heavy (non-hydrogen) atoms. The van der Waals surface area contributed by atoms with Crippen molar-refractivity contribution in [1.82, 2.24) is 15.3 Å². The third kappa shape index (κ3) is 4.34. The summed E-state index contributed by atoms with van der Waals surface area (Å²) in [5, 5.41) is 5.62. The zero-order chi connectivity index (χ0) is 15.9. The molecule has 0 spiro atoms. The van der Waals surface area contributed by atoms with E-state index < -0.39 is 0 Å². The molecule has 2 aromatic rings. The highest BCUT2D eigenvalue weighted by Gasteiger charge is 2.04. The predicted molar refractivity (Wildman–Crippen MR) is 84.0 cm³/mol. The van der Waals surface area contributed by atoms with Crippen LogP contribution in [0.5, 0.6) is 5.75 Å². The van der Waals surface area contributed by atoms with E-state index in [4.69, 9.17) is 4.74 Å². The molecule has 1 aromatic carbocycles. The summed E-state index contributed by atoms with van der Waals surface area (Å²) < 4.78 is 5.10. The number of ether oxygens (including phenoxy) is 1. The molecule has 0 fully saturated rings. The summed E-state index contributed by atoms with van der Waals surface area (Å²) in [6, 6.07) is 8.72. The lowest BCUT2D eigenvalue weighted by Gasteiger charge is -2.08.